The van der Waals surface area contributed by atoms with Crippen LogP contribution in [0.1, 0.15) is 5.56 Å². The third-order valence-electron chi connectivity index (χ3n) is 3.84. The fourth-order valence-corrected chi connectivity index (χ4v) is 3.45. The zero-order valence-electron chi connectivity index (χ0n) is 14.4. The van der Waals surface area contributed by atoms with Crippen LogP contribution in [0.25, 0.3) is 10.9 Å². The molecule has 0 aliphatic carbocycles. The molecule has 0 saturated carbocycles. The molecule has 5 nitrogen and oxygen atoms in total. The van der Waals surface area contributed by atoms with Gasteiger partial charge in [0, 0.05) is 12.1 Å². The van der Waals surface area contributed by atoms with Gasteiger partial charge in [0.2, 0.25) is 5.91 Å². The second kappa shape index (κ2) is 7.84. The van der Waals surface area contributed by atoms with E-state index in [2.05, 4.69) is 10.3 Å². The second-order valence-corrected chi connectivity index (χ2v) is 7.18. The Bertz CT molecular complexity index is 1120. The van der Waals surface area contributed by atoms with Crippen molar-refractivity contribution in [1.82, 2.24) is 9.55 Å². The Morgan fingerprint density at radius 1 is 1.25 bits per heavy atom. The number of thioether (sulfide) groups is 1. The number of amides is 1. The van der Waals surface area contributed by atoms with Gasteiger partial charge in [0.05, 0.1) is 27.9 Å². The normalized spacial score (nSPS) is 11.6. The lowest BCUT2D eigenvalue weighted by atomic mass is 10.1. The Morgan fingerprint density at radius 3 is 2.68 bits per heavy atom. The molecule has 28 heavy (non-hydrogen) atoms. The summed E-state index contributed by atoms with van der Waals surface area (Å²) in [5.41, 5.74) is -1.21. The molecule has 1 heterocycles. The fraction of sp³-hybridized carbons (Fsp3) is 0.167. The molecule has 0 unspecified atom stereocenters. The van der Waals surface area contributed by atoms with Gasteiger partial charge in [-0.3, -0.25) is 14.2 Å². The number of fused-ring (bicyclic) bond motifs is 1. The van der Waals surface area contributed by atoms with Crippen LogP contribution in [0, 0.1) is 0 Å². The van der Waals surface area contributed by atoms with E-state index in [9.17, 15) is 22.8 Å². The first kappa shape index (κ1) is 20.2. The summed E-state index contributed by atoms with van der Waals surface area (Å²) < 4.78 is 40.6. The minimum Gasteiger partial charge on any atom is -0.325 e. The predicted octanol–water partition coefficient (Wildman–Crippen LogP) is 4.34. The summed E-state index contributed by atoms with van der Waals surface area (Å²) in [6.07, 6.45) is -4.66. The van der Waals surface area contributed by atoms with Crippen molar-refractivity contribution in [3.05, 3.63) is 63.4 Å². The Labute approximate surface area is 166 Å². The van der Waals surface area contributed by atoms with E-state index in [0.717, 1.165) is 23.9 Å². The van der Waals surface area contributed by atoms with Crippen LogP contribution in [0.2, 0.25) is 5.02 Å². The third kappa shape index (κ3) is 4.31. The van der Waals surface area contributed by atoms with Crippen molar-refractivity contribution in [3.63, 3.8) is 0 Å². The number of para-hydroxylation sites is 1. The maximum atomic E-state index is 13.1. The van der Waals surface area contributed by atoms with E-state index in [1.807, 2.05) is 0 Å². The zero-order valence-corrected chi connectivity index (χ0v) is 16.0. The van der Waals surface area contributed by atoms with E-state index >= 15 is 0 Å². The summed E-state index contributed by atoms with van der Waals surface area (Å²) in [6.45, 7) is 0. The Balaban J connectivity index is 1.78. The second-order valence-electron chi connectivity index (χ2n) is 5.80. The van der Waals surface area contributed by atoms with Gasteiger partial charge in [-0.1, -0.05) is 35.5 Å². The number of carbonyl (C=O) groups is 1. The van der Waals surface area contributed by atoms with Crippen molar-refractivity contribution in [2.45, 2.75) is 11.3 Å². The van der Waals surface area contributed by atoms with Crippen LogP contribution in [0.15, 0.2) is 52.4 Å². The molecule has 0 bridgehead atoms. The Morgan fingerprint density at radius 2 is 1.96 bits per heavy atom. The molecule has 0 spiro atoms. The largest absolute Gasteiger partial charge is 0.418 e. The molecular formula is C18H13ClF3N3O2S. The minimum absolute atomic E-state index is 0.0879. The summed E-state index contributed by atoms with van der Waals surface area (Å²) in [5, 5.41) is 2.87. The summed E-state index contributed by atoms with van der Waals surface area (Å²) in [7, 11) is 1.52. The van der Waals surface area contributed by atoms with Gasteiger partial charge in [-0.15, -0.1) is 0 Å². The highest BCUT2D eigenvalue weighted by Crippen LogP contribution is 2.36. The first-order valence-electron chi connectivity index (χ1n) is 7.92. The summed E-state index contributed by atoms with van der Waals surface area (Å²) >= 11 is 6.58. The molecule has 10 heteroatoms. The van der Waals surface area contributed by atoms with Crippen molar-refractivity contribution >= 4 is 45.9 Å². The van der Waals surface area contributed by atoms with E-state index in [4.69, 9.17) is 11.6 Å². The molecule has 0 fully saturated rings. The number of hydrogen-bond donors (Lipinski definition) is 1. The number of carbonyl (C=O) groups excluding carboxylic acids is 1. The number of halogens is 4. The van der Waals surface area contributed by atoms with E-state index in [1.165, 1.54) is 17.7 Å². The maximum Gasteiger partial charge on any atom is 0.418 e. The maximum absolute atomic E-state index is 13.1. The molecule has 1 amide bonds. The lowest BCUT2D eigenvalue weighted by molar-refractivity contribution is -0.137. The van der Waals surface area contributed by atoms with Gasteiger partial charge in [0.15, 0.2) is 5.16 Å². The van der Waals surface area contributed by atoms with Gasteiger partial charge in [-0.25, -0.2) is 4.98 Å². The quantitative estimate of drug-likeness (QED) is 0.497. The molecule has 2 aromatic carbocycles. The minimum atomic E-state index is -4.66. The van der Waals surface area contributed by atoms with Gasteiger partial charge in [-0.2, -0.15) is 13.2 Å². The number of benzene rings is 2. The summed E-state index contributed by atoms with van der Waals surface area (Å²) in [5.74, 6) is -0.890. The van der Waals surface area contributed by atoms with Crippen LogP contribution >= 0.6 is 23.4 Å². The molecule has 0 radical (unpaired) electrons. The van der Waals surface area contributed by atoms with Gasteiger partial charge in [0.1, 0.15) is 0 Å². The third-order valence-corrected chi connectivity index (χ3v) is 5.10. The highest BCUT2D eigenvalue weighted by Gasteiger charge is 2.34. The summed E-state index contributed by atoms with van der Waals surface area (Å²) in [6, 6.07) is 9.87. The Hall–Kier alpha value is -2.52. The van der Waals surface area contributed by atoms with Crippen LogP contribution in [-0.4, -0.2) is 21.2 Å². The number of nitrogens with zero attached hydrogens (tertiary/aromatic N) is 2. The number of anilines is 1. The van der Waals surface area contributed by atoms with Crippen molar-refractivity contribution in [3.8, 4) is 0 Å². The molecule has 1 N–H and O–H groups in total. The Kier molecular flexibility index (Phi) is 5.66. The van der Waals surface area contributed by atoms with Crippen LogP contribution in [0.5, 0.6) is 0 Å². The average molecular weight is 428 g/mol. The van der Waals surface area contributed by atoms with Crippen molar-refractivity contribution < 1.29 is 18.0 Å². The molecule has 1 aromatic heterocycles. The van der Waals surface area contributed by atoms with Crippen LogP contribution < -0.4 is 10.9 Å². The van der Waals surface area contributed by atoms with E-state index in [1.54, 1.807) is 24.3 Å². The molecule has 0 atom stereocenters. The van der Waals surface area contributed by atoms with E-state index in [0.29, 0.717) is 10.9 Å². The van der Waals surface area contributed by atoms with Gasteiger partial charge < -0.3 is 5.32 Å². The molecule has 0 aliphatic rings. The molecule has 3 aromatic rings. The van der Waals surface area contributed by atoms with Crippen LogP contribution in [0.4, 0.5) is 18.9 Å². The molecular weight excluding hydrogens is 415 g/mol. The fourth-order valence-electron chi connectivity index (χ4n) is 2.50. The number of alkyl halides is 3. The number of hydrogen-bond acceptors (Lipinski definition) is 4. The van der Waals surface area contributed by atoms with Gasteiger partial charge in [-0.05, 0) is 30.3 Å². The number of aromatic nitrogens is 2. The highest BCUT2D eigenvalue weighted by atomic mass is 35.5. The zero-order chi connectivity index (χ0) is 20.5. The van der Waals surface area contributed by atoms with Gasteiger partial charge >= 0.3 is 6.18 Å². The topological polar surface area (TPSA) is 64.0 Å². The number of rotatable bonds is 4. The predicted molar refractivity (Wildman–Crippen MR) is 103 cm³/mol. The lowest BCUT2D eigenvalue weighted by Crippen LogP contribution is -2.22. The number of nitrogens with one attached hydrogen (secondary N) is 1. The highest BCUT2D eigenvalue weighted by molar-refractivity contribution is 7.99. The van der Waals surface area contributed by atoms with E-state index < -0.39 is 17.6 Å². The van der Waals surface area contributed by atoms with Crippen LogP contribution in [-0.2, 0) is 18.0 Å². The average Bonchev–Trinajstić information content (AvgIpc) is 2.64. The van der Waals surface area contributed by atoms with Crippen LogP contribution in [0.3, 0.4) is 0 Å². The van der Waals surface area contributed by atoms with E-state index in [-0.39, 0.29) is 27.2 Å². The first-order valence-corrected chi connectivity index (χ1v) is 9.28. The SMILES string of the molecule is Cn1c(SCC(=O)Nc2ccc(Cl)cc2C(F)(F)F)nc2ccccc2c1=O. The summed E-state index contributed by atoms with van der Waals surface area (Å²) in [4.78, 5) is 28.8. The van der Waals surface area contributed by atoms with Crippen molar-refractivity contribution in [2.24, 2.45) is 7.05 Å². The molecule has 3 rings (SSSR count). The molecule has 146 valence electrons. The lowest BCUT2D eigenvalue weighted by Gasteiger charge is -2.14. The van der Waals surface area contributed by atoms with Crippen molar-refractivity contribution in [2.75, 3.05) is 11.1 Å². The first-order chi connectivity index (χ1) is 13.2. The smallest absolute Gasteiger partial charge is 0.325 e. The standard InChI is InChI=1S/C18H13ClF3N3O2S/c1-25-16(27)11-4-2-3-5-13(11)24-17(25)28-9-15(26)23-14-7-6-10(19)8-12(14)18(20,21)22/h2-8H,9H2,1H3,(H,23,26). The molecule has 0 aliphatic heterocycles. The monoisotopic (exact) mass is 427 g/mol. The molecule has 0 saturated heterocycles. The van der Waals surface area contributed by atoms with Gasteiger partial charge in [0.25, 0.3) is 5.56 Å². The van der Waals surface area contributed by atoms with Crippen molar-refractivity contribution in [1.29, 1.82) is 0 Å².